The van der Waals surface area contributed by atoms with E-state index in [-0.39, 0.29) is 0 Å². The molecule has 4 N–H and O–H groups in total. The van der Waals surface area contributed by atoms with Gasteiger partial charge in [0.1, 0.15) is 4.90 Å². The lowest BCUT2D eigenvalue weighted by atomic mass is 10.0. The van der Waals surface area contributed by atoms with E-state index in [1.165, 1.54) is 0 Å². The van der Waals surface area contributed by atoms with Crippen molar-refractivity contribution in [3.63, 3.8) is 0 Å². The lowest BCUT2D eigenvalue weighted by Gasteiger charge is -2.14. The number of carboxylic acids is 1. The highest BCUT2D eigenvalue weighted by atomic mass is 32.2. The second-order valence-electron chi connectivity index (χ2n) is 4.44. The van der Waals surface area contributed by atoms with E-state index in [2.05, 4.69) is 4.74 Å². The van der Waals surface area contributed by atoms with Gasteiger partial charge in [0.2, 0.25) is 0 Å². The van der Waals surface area contributed by atoms with Crippen molar-refractivity contribution >= 4 is 32.2 Å². The van der Waals surface area contributed by atoms with Gasteiger partial charge in [-0.05, 0) is 12.1 Å². The van der Waals surface area contributed by atoms with Crippen molar-refractivity contribution in [1.29, 1.82) is 0 Å². The second-order valence-corrected chi connectivity index (χ2v) is 7.26. The number of carbonyl (C=O) groups is 2. The predicted octanol–water partition coefficient (Wildman–Crippen LogP) is -1.16. The molecule has 2 atom stereocenters. The van der Waals surface area contributed by atoms with E-state index in [4.69, 9.17) is 14.2 Å². The average Bonchev–Trinajstić information content (AvgIpc) is 2.72. The van der Waals surface area contributed by atoms with Crippen molar-refractivity contribution in [3.05, 3.63) is 23.3 Å². The summed E-state index contributed by atoms with van der Waals surface area (Å²) in [7, 11) is -10.1. The fourth-order valence-corrected chi connectivity index (χ4v) is 3.36. The first-order valence-corrected chi connectivity index (χ1v) is 8.47. The SMILES string of the molecule is O=C1OC(C(O)C(=O)O)c2cc(S(=O)(=O)O)cc(S(=O)(=O)O)c21. The Morgan fingerprint density at radius 3 is 2.13 bits per heavy atom. The highest BCUT2D eigenvalue weighted by Gasteiger charge is 2.43. The number of esters is 1. The van der Waals surface area contributed by atoms with Gasteiger partial charge < -0.3 is 14.9 Å². The van der Waals surface area contributed by atoms with Crippen LogP contribution in [-0.2, 0) is 29.8 Å². The first-order chi connectivity index (χ1) is 10.3. The van der Waals surface area contributed by atoms with E-state index >= 15 is 0 Å². The Hall–Kier alpha value is -2.06. The van der Waals surface area contributed by atoms with Crippen molar-refractivity contribution in [2.75, 3.05) is 0 Å². The average molecular weight is 368 g/mol. The molecular formula is C10H8O11S2. The molecule has 2 rings (SSSR count). The molecular weight excluding hydrogens is 360 g/mol. The summed E-state index contributed by atoms with van der Waals surface area (Å²) >= 11 is 0. The molecule has 0 amide bonds. The van der Waals surface area contributed by atoms with Crippen LogP contribution >= 0.6 is 0 Å². The maximum absolute atomic E-state index is 11.7. The van der Waals surface area contributed by atoms with E-state index in [0.717, 1.165) is 0 Å². The number of ether oxygens (including phenoxy) is 1. The van der Waals surface area contributed by atoms with Crippen molar-refractivity contribution in [2.24, 2.45) is 0 Å². The minimum absolute atomic E-state index is 0.306. The summed E-state index contributed by atoms with van der Waals surface area (Å²) in [4.78, 5) is 20.3. The minimum Gasteiger partial charge on any atom is -0.479 e. The van der Waals surface area contributed by atoms with Crippen LogP contribution in [0.5, 0.6) is 0 Å². The van der Waals surface area contributed by atoms with Crippen LogP contribution in [0.1, 0.15) is 22.0 Å². The predicted molar refractivity (Wildman–Crippen MR) is 67.9 cm³/mol. The quantitative estimate of drug-likeness (QED) is 0.370. The van der Waals surface area contributed by atoms with E-state index in [1.807, 2.05) is 0 Å². The van der Waals surface area contributed by atoms with Crippen LogP contribution in [0.4, 0.5) is 0 Å². The maximum Gasteiger partial charge on any atom is 0.340 e. The molecule has 1 aliphatic rings. The van der Waals surface area contributed by atoms with Crippen LogP contribution < -0.4 is 0 Å². The number of hydrogen-bond acceptors (Lipinski definition) is 8. The Kier molecular flexibility index (Phi) is 3.94. The van der Waals surface area contributed by atoms with Crippen molar-refractivity contribution < 1.29 is 50.5 Å². The second kappa shape index (κ2) is 5.24. The minimum atomic E-state index is -5.12. The van der Waals surface area contributed by atoms with E-state index < -0.39 is 65.3 Å². The Balaban J connectivity index is 2.86. The molecule has 23 heavy (non-hydrogen) atoms. The van der Waals surface area contributed by atoms with Gasteiger partial charge in [-0.1, -0.05) is 0 Å². The molecule has 0 aromatic heterocycles. The number of aliphatic hydroxyl groups is 1. The van der Waals surface area contributed by atoms with E-state index in [0.29, 0.717) is 12.1 Å². The molecule has 1 aliphatic heterocycles. The summed E-state index contributed by atoms with van der Waals surface area (Å²) in [6, 6.07) is 0.876. The summed E-state index contributed by atoms with van der Waals surface area (Å²) in [6.07, 6.45) is -4.25. The molecule has 0 fully saturated rings. The molecule has 1 heterocycles. The van der Waals surface area contributed by atoms with Gasteiger partial charge in [0.25, 0.3) is 20.2 Å². The molecule has 1 aromatic rings. The molecule has 13 heteroatoms. The third kappa shape index (κ3) is 3.04. The van der Waals surface area contributed by atoms with Gasteiger partial charge in [-0.2, -0.15) is 16.8 Å². The topological polar surface area (TPSA) is 193 Å². The number of aliphatic hydroxyl groups excluding tert-OH is 1. The fourth-order valence-electron chi connectivity index (χ4n) is 2.01. The molecule has 1 aromatic carbocycles. The molecule has 0 bridgehead atoms. The Morgan fingerprint density at radius 1 is 1.13 bits per heavy atom. The standard InChI is InChI=1S/C10H8O11S2/c11-7(9(12)13)8-4-1-3(22(15,16)17)2-5(23(18,19)20)6(4)10(14)21-8/h1-2,7-8,11H,(H,12,13)(H,15,16,17)(H,18,19,20). The Labute approximate surface area is 128 Å². The molecule has 0 aliphatic carbocycles. The van der Waals surface area contributed by atoms with Crippen LogP contribution in [0.15, 0.2) is 21.9 Å². The smallest absolute Gasteiger partial charge is 0.340 e. The van der Waals surface area contributed by atoms with Gasteiger partial charge in [-0.25, -0.2) is 9.59 Å². The molecule has 2 unspecified atom stereocenters. The molecule has 0 radical (unpaired) electrons. The fraction of sp³-hybridized carbons (Fsp3) is 0.200. The number of carboxylic acid groups (broad SMARTS) is 1. The Morgan fingerprint density at radius 2 is 1.70 bits per heavy atom. The largest absolute Gasteiger partial charge is 0.479 e. The molecule has 0 spiro atoms. The van der Waals surface area contributed by atoms with Crippen LogP contribution in [-0.4, -0.2) is 54.2 Å². The van der Waals surface area contributed by atoms with Crippen LogP contribution in [0.25, 0.3) is 0 Å². The lowest BCUT2D eigenvalue weighted by molar-refractivity contribution is -0.152. The number of carbonyl (C=O) groups excluding carboxylic acids is 1. The number of fused-ring (bicyclic) bond motifs is 1. The van der Waals surface area contributed by atoms with Gasteiger partial charge in [-0.15, -0.1) is 0 Å². The van der Waals surface area contributed by atoms with Crippen molar-refractivity contribution in [2.45, 2.75) is 22.0 Å². The summed E-state index contributed by atoms with van der Waals surface area (Å²) in [5.74, 6) is -3.22. The third-order valence-corrected chi connectivity index (χ3v) is 4.68. The summed E-state index contributed by atoms with van der Waals surface area (Å²) in [5, 5.41) is 18.2. The highest BCUT2D eigenvalue weighted by molar-refractivity contribution is 7.86. The van der Waals surface area contributed by atoms with Crippen LogP contribution in [0.2, 0.25) is 0 Å². The molecule has 126 valence electrons. The zero-order chi connectivity index (χ0) is 17.7. The number of cyclic esters (lactones) is 1. The van der Waals surface area contributed by atoms with Crippen LogP contribution in [0.3, 0.4) is 0 Å². The van der Waals surface area contributed by atoms with Crippen LogP contribution in [0, 0.1) is 0 Å². The van der Waals surface area contributed by atoms with Gasteiger partial charge in [0.05, 0.1) is 10.5 Å². The maximum atomic E-state index is 11.7. The monoisotopic (exact) mass is 368 g/mol. The third-order valence-electron chi connectivity index (χ3n) is 2.97. The number of benzene rings is 1. The summed E-state index contributed by atoms with van der Waals surface area (Å²) in [6.45, 7) is 0. The zero-order valence-electron chi connectivity index (χ0n) is 10.8. The van der Waals surface area contributed by atoms with Gasteiger partial charge in [0.15, 0.2) is 12.2 Å². The number of aliphatic carboxylic acids is 1. The molecule has 11 nitrogen and oxygen atoms in total. The first-order valence-electron chi connectivity index (χ1n) is 5.59. The van der Waals surface area contributed by atoms with Crippen molar-refractivity contribution in [3.8, 4) is 0 Å². The normalized spacial score (nSPS) is 19.1. The van der Waals surface area contributed by atoms with E-state index in [1.54, 1.807) is 0 Å². The highest BCUT2D eigenvalue weighted by Crippen LogP contribution is 2.38. The summed E-state index contributed by atoms with van der Waals surface area (Å²) in [5.41, 5.74) is -1.45. The number of rotatable bonds is 4. The Bertz CT molecular complexity index is 912. The first kappa shape index (κ1) is 17.3. The zero-order valence-corrected chi connectivity index (χ0v) is 12.4. The molecule has 0 saturated carbocycles. The summed E-state index contributed by atoms with van der Waals surface area (Å²) < 4.78 is 67.6. The lowest BCUT2D eigenvalue weighted by Crippen LogP contribution is -2.27. The number of hydrogen-bond donors (Lipinski definition) is 4. The molecule has 0 saturated heterocycles. The van der Waals surface area contributed by atoms with Gasteiger partial charge in [-0.3, -0.25) is 9.11 Å². The van der Waals surface area contributed by atoms with Crippen molar-refractivity contribution in [1.82, 2.24) is 0 Å². The van der Waals surface area contributed by atoms with Gasteiger partial charge >= 0.3 is 11.9 Å². The van der Waals surface area contributed by atoms with Gasteiger partial charge in [0, 0.05) is 5.56 Å². The van der Waals surface area contributed by atoms with E-state index in [9.17, 15) is 31.5 Å².